The van der Waals surface area contributed by atoms with Gasteiger partial charge in [-0.3, -0.25) is 0 Å². The molecule has 0 aromatic carbocycles. The zero-order chi connectivity index (χ0) is 16.8. The first-order chi connectivity index (χ1) is 10.3. The van der Waals surface area contributed by atoms with Crippen molar-refractivity contribution in [3.8, 4) is 0 Å². The summed E-state index contributed by atoms with van der Waals surface area (Å²) in [6, 6.07) is 0. The van der Waals surface area contributed by atoms with Crippen LogP contribution in [0.1, 0.15) is 74.1 Å². The molecular weight excluding hydrogens is 267 g/mol. The second-order valence-electron chi connectivity index (χ2n) is 8.18. The van der Waals surface area contributed by atoms with E-state index in [4.69, 9.17) is 4.74 Å². The fraction of sp³-hybridized carbons (Fsp3) is 0.800. The number of allylic oxidation sites excluding steroid dienone is 3. The molecule has 126 valence electrons. The summed E-state index contributed by atoms with van der Waals surface area (Å²) >= 11 is 0. The molecule has 0 bridgehead atoms. The molecule has 0 radical (unpaired) electrons. The number of hydrogen-bond donors (Lipinski definition) is 0. The quantitative estimate of drug-likeness (QED) is 0.431. The van der Waals surface area contributed by atoms with E-state index < -0.39 is 0 Å². The molecule has 1 aliphatic rings. The molecule has 0 saturated heterocycles. The van der Waals surface area contributed by atoms with Crippen LogP contribution in [0.3, 0.4) is 0 Å². The molecule has 2 unspecified atom stereocenters. The smallest absolute Gasteiger partial charge is 0.156 e. The molecule has 0 saturated carbocycles. The predicted octanol–water partition coefficient (Wildman–Crippen LogP) is 5.72. The van der Waals surface area contributed by atoms with Crippen molar-refractivity contribution in [2.75, 3.05) is 0 Å². The molecule has 0 aromatic rings. The van der Waals surface area contributed by atoms with Crippen molar-refractivity contribution >= 4 is 7.28 Å². The Bertz CT molecular complexity index is 387. The van der Waals surface area contributed by atoms with Crippen LogP contribution in [0.2, 0.25) is 6.32 Å². The lowest BCUT2D eigenvalue weighted by molar-refractivity contribution is 0.00574. The van der Waals surface area contributed by atoms with Crippen LogP contribution in [0.25, 0.3) is 0 Å². The maximum Gasteiger partial charge on any atom is 0.156 e. The van der Waals surface area contributed by atoms with Crippen LogP contribution >= 0.6 is 0 Å². The minimum atomic E-state index is 0.312. The zero-order valence-electron chi connectivity index (χ0n) is 16.0. The number of hydrogen-bond acceptors (Lipinski definition) is 1. The third kappa shape index (κ3) is 6.73. The van der Waals surface area contributed by atoms with E-state index in [1.807, 2.05) is 0 Å². The van der Waals surface area contributed by atoms with Crippen LogP contribution in [-0.2, 0) is 4.74 Å². The summed E-state index contributed by atoms with van der Waals surface area (Å²) in [5.74, 6) is 0.733. The zero-order valence-corrected chi connectivity index (χ0v) is 16.0. The summed E-state index contributed by atoms with van der Waals surface area (Å²) in [7, 11) is 1.21. The van der Waals surface area contributed by atoms with Crippen LogP contribution in [-0.4, -0.2) is 19.5 Å². The van der Waals surface area contributed by atoms with Gasteiger partial charge in [0, 0.05) is 0 Å². The van der Waals surface area contributed by atoms with Crippen LogP contribution in [0.4, 0.5) is 0 Å². The summed E-state index contributed by atoms with van der Waals surface area (Å²) in [6.45, 7) is 15.9. The van der Waals surface area contributed by atoms with Crippen molar-refractivity contribution in [1.82, 2.24) is 0 Å². The molecule has 0 amide bonds. The van der Waals surface area contributed by atoms with Gasteiger partial charge in [0.15, 0.2) is 7.28 Å². The maximum absolute atomic E-state index is 6.14. The van der Waals surface area contributed by atoms with E-state index in [0.29, 0.717) is 17.6 Å². The van der Waals surface area contributed by atoms with Crippen LogP contribution in [0, 0.1) is 11.3 Å². The third-order valence-corrected chi connectivity index (χ3v) is 4.83. The molecule has 0 heterocycles. The van der Waals surface area contributed by atoms with E-state index in [1.165, 1.54) is 32.9 Å². The summed E-state index contributed by atoms with van der Waals surface area (Å²) in [4.78, 5) is 0. The summed E-state index contributed by atoms with van der Waals surface area (Å²) < 4.78 is 6.14. The second-order valence-corrected chi connectivity index (χ2v) is 8.18. The average molecular weight is 304 g/mol. The fourth-order valence-electron chi connectivity index (χ4n) is 3.40. The van der Waals surface area contributed by atoms with E-state index >= 15 is 0 Å². The van der Waals surface area contributed by atoms with Crippen LogP contribution in [0.5, 0.6) is 0 Å². The molecule has 1 rings (SSSR count). The largest absolute Gasteiger partial charge is 0.372 e. The first-order valence-corrected chi connectivity index (χ1v) is 9.29. The lowest BCUT2D eigenvalue weighted by atomic mass is 9.57. The minimum absolute atomic E-state index is 0.312. The van der Waals surface area contributed by atoms with Gasteiger partial charge in [0.25, 0.3) is 0 Å². The highest BCUT2D eigenvalue weighted by Crippen LogP contribution is 2.39. The molecule has 2 atom stereocenters. The Morgan fingerprint density at radius 2 is 2.05 bits per heavy atom. The van der Waals surface area contributed by atoms with E-state index in [0.717, 1.165) is 12.3 Å². The third-order valence-electron chi connectivity index (χ3n) is 4.83. The van der Waals surface area contributed by atoms with Gasteiger partial charge in [-0.2, -0.15) is 0 Å². The van der Waals surface area contributed by atoms with Gasteiger partial charge in [0.05, 0.1) is 12.2 Å². The topological polar surface area (TPSA) is 9.23 Å². The lowest BCUT2D eigenvalue weighted by Gasteiger charge is -2.38. The molecule has 0 aliphatic heterocycles. The Hall–Kier alpha value is -0.495. The Labute approximate surface area is 139 Å². The summed E-state index contributed by atoms with van der Waals surface area (Å²) in [6.07, 6.45) is 11.5. The van der Waals surface area contributed by atoms with Gasteiger partial charge in [0.2, 0.25) is 0 Å². The van der Waals surface area contributed by atoms with E-state index in [1.54, 1.807) is 11.0 Å². The summed E-state index contributed by atoms with van der Waals surface area (Å²) in [5.41, 5.74) is 3.60. The van der Waals surface area contributed by atoms with Crippen molar-refractivity contribution in [3.63, 3.8) is 0 Å². The molecule has 0 fully saturated rings. The van der Waals surface area contributed by atoms with Crippen molar-refractivity contribution in [1.29, 1.82) is 0 Å². The van der Waals surface area contributed by atoms with Gasteiger partial charge in [-0.05, 0) is 50.9 Å². The lowest BCUT2D eigenvalue weighted by Crippen LogP contribution is -2.32. The molecule has 22 heavy (non-hydrogen) atoms. The second kappa shape index (κ2) is 8.96. The first kappa shape index (κ1) is 19.6. The molecular formula is C20H37BO. The first-order valence-electron chi connectivity index (χ1n) is 9.29. The number of rotatable bonds is 7. The van der Waals surface area contributed by atoms with Crippen molar-refractivity contribution in [2.45, 2.75) is 92.7 Å². The SMILES string of the molecule is CC/C=C(\CC)CBC1=CC(OC(C)C)CC(C(C)(C)C)C1. The van der Waals surface area contributed by atoms with Crippen LogP contribution < -0.4 is 0 Å². The molecule has 0 aromatic heterocycles. The standard InChI is InChI=1S/C20H37BO/c1-8-10-16(9-2)14-21-18-11-17(20(5,6)7)12-19(13-18)22-15(3)4/h10,13,15,17,19,21H,8-9,11-12,14H2,1-7H3/b16-10+. The van der Waals surface area contributed by atoms with E-state index in [2.05, 4.69) is 60.6 Å². The highest BCUT2D eigenvalue weighted by atomic mass is 16.5. The van der Waals surface area contributed by atoms with E-state index in [9.17, 15) is 0 Å². The predicted molar refractivity (Wildman–Crippen MR) is 101 cm³/mol. The molecule has 0 spiro atoms. The molecule has 0 N–H and O–H groups in total. The van der Waals surface area contributed by atoms with Crippen LogP contribution in [0.15, 0.2) is 23.2 Å². The summed E-state index contributed by atoms with van der Waals surface area (Å²) in [5, 5.41) is 0. The average Bonchev–Trinajstić information content (AvgIpc) is 2.41. The Kier molecular flexibility index (Phi) is 7.96. The normalized spacial score (nSPS) is 23.6. The number of ether oxygens (including phenoxy) is 1. The monoisotopic (exact) mass is 304 g/mol. The molecule has 1 aliphatic carbocycles. The van der Waals surface area contributed by atoms with Crippen molar-refractivity contribution in [3.05, 3.63) is 23.2 Å². The van der Waals surface area contributed by atoms with Gasteiger partial charge >= 0.3 is 0 Å². The molecule has 1 nitrogen and oxygen atoms in total. The Morgan fingerprint density at radius 1 is 1.36 bits per heavy atom. The van der Waals surface area contributed by atoms with Gasteiger partial charge < -0.3 is 4.74 Å². The Balaban J connectivity index is 2.76. The van der Waals surface area contributed by atoms with Crippen molar-refractivity contribution < 1.29 is 4.74 Å². The van der Waals surface area contributed by atoms with Gasteiger partial charge in [-0.15, -0.1) is 5.47 Å². The minimum Gasteiger partial charge on any atom is -0.372 e. The maximum atomic E-state index is 6.14. The highest BCUT2D eigenvalue weighted by Gasteiger charge is 2.31. The Morgan fingerprint density at radius 3 is 2.55 bits per heavy atom. The van der Waals surface area contributed by atoms with Gasteiger partial charge in [-0.1, -0.05) is 58.7 Å². The molecule has 2 heteroatoms. The van der Waals surface area contributed by atoms with E-state index in [-0.39, 0.29) is 0 Å². The highest BCUT2D eigenvalue weighted by molar-refractivity contribution is 6.46. The fourth-order valence-corrected chi connectivity index (χ4v) is 3.40. The van der Waals surface area contributed by atoms with Gasteiger partial charge in [0.1, 0.15) is 0 Å². The van der Waals surface area contributed by atoms with Gasteiger partial charge in [-0.25, -0.2) is 0 Å². The van der Waals surface area contributed by atoms with Crippen molar-refractivity contribution in [2.24, 2.45) is 11.3 Å².